The van der Waals surface area contributed by atoms with Crippen LogP contribution in [0.4, 0.5) is 14.9 Å². The predicted molar refractivity (Wildman–Crippen MR) is 123 cm³/mol. The number of carbonyl (C=O) groups is 3. The van der Waals surface area contributed by atoms with Gasteiger partial charge in [0.15, 0.2) is 0 Å². The molecule has 1 saturated heterocycles. The lowest BCUT2D eigenvalue weighted by Crippen LogP contribution is -2.54. The van der Waals surface area contributed by atoms with Crippen LogP contribution in [0.3, 0.4) is 0 Å². The zero-order valence-electron chi connectivity index (χ0n) is 16.8. The Morgan fingerprint density at radius 2 is 1.70 bits per heavy atom. The lowest BCUT2D eigenvalue weighted by Gasteiger charge is -2.26. The molecular weight excluding hydrogens is 470 g/mol. The number of amides is 4. The molecule has 0 bridgehead atoms. The minimum atomic E-state index is -1.03. The van der Waals surface area contributed by atoms with E-state index in [0.29, 0.717) is 31.8 Å². The highest BCUT2D eigenvalue weighted by atomic mass is 35.5. The molecule has 1 aliphatic rings. The molecule has 166 valence electrons. The quantitative estimate of drug-likeness (QED) is 0.389. The molecule has 0 radical (unpaired) electrons. The highest BCUT2D eigenvalue weighted by Gasteiger charge is 2.38. The Morgan fingerprint density at radius 1 is 0.970 bits per heavy atom. The summed E-state index contributed by atoms with van der Waals surface area (Å²) in [6, 6.07) is 16.0. The van der Waals surface area contributed by atoms with Crippen molar-refractivity contribution >= 4 is 52.8 Å². The molecule has 4 amide bonds. The van der Waals surface area contributed by atoms with Crippen molar-refractivity contribution in [3.05, 3.63) is 99.3 Å². The molecule has 3 aromatic carbocycles. The number of hydrogen-bond donors (Lipinski definition) is 1. The third-order valence-corrected chi connectivity index (χ3v) is 5.40. The molecule has 1 aliphatic heterocycles. The lowest BCUT2D eigenvalue weighted by atomic mass is 10.1. The standard InChI is InChI=1S/C24H15Cl2FN2O4/c25-16-10-9-15(18(26)12-16)13-33-21-8-4-1-5-14(21)11-17-22(30)28-24(32)29(23(17)31)20-7-3-2-6-19(20)27/h1-12H,13H2,(H,28,30,32)/b17-11-. The first-order valence-electron chi connectivity index (χ1n) is 9.67. The SMILES string of the molecule is O=C1NC(=O)N(c2ccccc2F)C(=O)/C1=C\c1ccccc1OCc1ccc(Cl)cc1Cl. The molecule has 9 heteroatoms. The van der Waals surface area contributed by atoms with E-state index in [2.05, 4.69) is 5.32 Å². The minimum absolute atomic E-state index is 0.107. The first-order valence-corrected chi connectivity index (χ1v) is 10.4. The summed E-state index contributed by atoms with van der Waals surface area (Å²) in [4.78, 5) is 38.3. The average Bonchev–Trinajstić information content (AvgIpc) is 2.78. The van der Waals surface area contributed by atoms with Gasteiger partial charge in [-0.1, -0.05) is 59.6 Å². The van der Waals surface area contributed by atoms with Crippen molar-refractivity contribution in [3.8, 4) is 5.75 Å². The fourth-order valence-electron chi connectivity index (χ4n) is 3.19. The van der Waals surface area contributed by atoms with E-state index >= 15 is 0 Å². The Labute approximate surface area is 198 Å². The van der Waals surface area contributed by atoms with Gasteiger partial charge in [0.2, 0.25) is 0 Å². The van der Waals surface area contributed by atoms with Crippen molar-refractivity contribution in [1.82, 2.24) is 5.32 Å². The van der Waals surface area contributed by atoms with E-state index in [9.17, 15) is 18.8 Å². The fraction of sp³-hybridized carbons (Fsp3) is 0.0417. The summed E-state index contributed by atoms with van der Waals surface area (Å²) in [5, 5.41) is 2.99. The molecule has 0 unspecified atom stereocenters. The summed E-state index contributed by atoms with van der Waals surface area (Å²) >= 11 is 12.1. The topological polar surface area (TPSA) is 75.7 Å². The van der Waals surface area contributed by atoms with Gasteiger partial charge in [-0.2, -0.15) is 0 Å². The number of halogens is 3. The highest BCUT2D eigenvalue weighted by Crippen LogP contribution is 2.28. The average molecular weight is 485 g/mol. The van der Waals surface area contributed by atoms with Crippen molar-refractivity contribution in [1.29, 1.82) is 0 Å². The Kier molecular flexibility index (Phi) is 6.44. The van der Waals surface area contributed by atoms with Gasteiger partial charge in [-0.15, -0.1) is 0 Å². The van der Waals surface area contributed by atoms with Crippen LogP contribution >= 0.6 is 23.2 Å². The number of para-hydroxylation sites is 2. The van der Waals surface area contributed by atoms with Gasteiger partial charge in [0.25, 0.3) is 11.8 Å². The van der Waals surface area contributed by atoms with Gasteiger partial charge < -0.3 is 4.74 Å². The van der Waals surface area contributed by atoms with E-state index in [1.165, 1.54) is 24.3 Å². The molecule has 6 nitrogen and oxygen atoms in total. The summed E-state index contributed by atoms with van der Waals surface area (Å²) in [5.74, 6) is -2.26. The third-order valence-electron chi connectivity index (χ3n) is 4.81. The second-order valence-corrected chi connectivity index (χ2v) is 7.82. The predicted octanol–water partition coefficient (Wildman–Crippen LogP) is 5.38. The molecule has 33 heavy (non-hydrogen) atoms. The number of rotatable bonds is 5. The summed E-state index contributed by atoms with van der Waals surface area (Å²) in [5.41, 5.74) is 0.481. The number of ether oxygens (including phenoxy) is 1. The Bertz CT molecular complexity index is 1310. The number of carbonyl (C=O) groups excluding carboxylic acids is 3. The van der Waals surface area contributed by atoms with Crippen molar-refractivity contribution in [2.24, 2.45) is 0 Å². The van der Waals surface area contributed by atoms with Gasteiger partial charge in [-0.25, -0.2) is 14.1 Å². The van der Waals surface area contributed by atoms with E-state index in [1.54, 1.807) is 42.5 Å². The number of nitrogens with one attached hydrogen (secondary N) is 1. The number of anilines is 1. The van der Waals surface area contributed by atoms with Gasteiger partial charge in [0.05, 0.1) is 5.69 Å². The molecule has 1 N–H and O–H groups in total. The number of hydrogen-bond acceptors (Lipinski definition) is 4. The van der Waals surface area contributed by atoms with Crippen molar-refractivity contribution in [3.63, 3.8) is 0 Å². The maximum absolute atomic E-state index is 14.2. The zero-order valence-corrected chi connectivity index (χ0v) is 18.4. The molecule has 0 aliphatic carbocycles. The molecule has 0 aromatic heterocycles. The first kappa shape index (κ1) is 22.5. The Morgan fingerprint density at radius 3 is 2.45 bits per heavy atom. The van der Waals surface area contributed by atoms with Crippen LogP contribution in [-0.2, 0) is 16.2 Å². The maximum Gasteiger partial charge on any atom is 0.336 e. The van der Waals surface area contributed by atoms with Crippen molar-refractivity contribution < 1.29 is 23.5 Å². The summed E-state index contributed by atoms with van der Waals surface area (Å²) in [6.07, 6.45) is 1.29. The zero-order chi connectivity index (χ0) is 23.5. The van der Waals surface area contributed by atoms with Crippen LogP contribution in [0.5, 0.6) is 5.75 Å². The van der Waals surface area contributed by atoms with Crippen molar-refractivity contribution in [2.75, 3.05) is 4.90 Å². The van der Waals surface area contributed by atoms with Gasteiger partial charge >= 0.3 is 6.03 Å². The lowest BCUT2D eigenvalue weighted by molar-refractivity contribution is -0.122. The number of barbiturate groups is 1. The van der Waals surface area contributed by atoms with Gasteiger partial charge in [0.1, 0.15) is 23.7 Å². The molecule has 4 rings (SSSR count). The summed E-state index contributed by atoms with van der Waals surface area (Å²) < 4.78 is 20.1. The van der Waals surface area contributed by atoms with E-state index in [-0.39, 0.29) is 17.9 Å². The fourth-order valence-corrected chi connectivity index (χ4v) is 3.65. The van der Waals surface area contributed by atoms with Gasteiger partial charge in [-0.05, 0) is 36.4 Å². The first-order chi connectivity index (χ1) is 15.8. The minimum Gasteiger partial charge on any atom is -0.488 e. The van der Waals surface area contributed by atoms with Crippen LogP contribution in [0.25, 0.3) is 6.08 Å². The van der Waals surface area contributed by atoms with Crippen LogP contribution in [0.1, 0.15) is 11.1 Å². The van der Waals surface area contributed by atoms with E-state index in [1.807, 2.05) is 0 Å². The number of nitrogens with zero attached hydrogens (tertiary/aromatic N) is 1. The molecule has 1 fully saturated rings. The number of urea groups is 1. The normalized spacial score (nSPS) is 15.1. The molecule has 3 aromatic rings. The molecule has 0 saturated carbocycles. The molecule has 1 heterocycles. The van der Waals surface area contributed by atoms with Crippen LogP contribution in [0.15, 0.2) is 72.3 Å². The molecular formula is C24H15Cl2FN2O4. The maximum atomic E-state index is 14.2. The largest absolute Gasteiger partial charge is 0.488 e. The van der Waals surface area contributed by atoms with Crippen LogP contribution < -0.4 is 15.0 Å². The smallest absolute Gasteiger partial charge is 0.336 e. The molecule has 0 atom stereocenters. The van der Waals surface area contributed by atoms with Crippen LogP contribution in [0.2, 0.25) is 10.0 Å². The Hall–Kier alpha value is -3.68. The Balaban J connectivity index is 1.65. The van der Waals surface area contributed by atoms with Crippen LogP contribution in [0, 0.1) is 5.82 Å². The monoisotopic (exact) mass is 484 g/mol. The second kappa shape index (κ2) is 9.44. The van der Waals surface area contributed by atoms with E-state index < -0.39 is 23.7 Å². The van der Waals surface area contributed by atoms with Crippen LogP contribution in [-0.4, -0.2) is 17.8 Å². The molecule has 0 spiro atoms. The summed E-state index contributed by atoms with van der Waals surface area (Å²) in [7, 11) is 0. The summed E-state index contributed by atoms with van der Waals surface area (Å²) in [6.45, 7) is 0.107. The van der Waals surface area contributed by atoms with Gasteiger partial charge in [-0.3, -0.25) is 14.9 Å². The third kappa shape index (κ3) is 4.74. The van der Waals surface area contributed by atoms with E-state index in [0.717, 1.165) is 6.07 Å². The second-order valence-electron chi connectivity index (χ2n) is 6.97. The number of benzene rings is 3. The highest BCUT2D eigenvalue weighted by molar-refractivity contribution is 6.39. The van der Waals surface area contributed by atoms with Gasteiger partial charge in [0, 0.05) is 21.2 Å². The number of imide groups is 2. The van der Waals surface area contributed by atoms with E-state index in [4.69, 9.17) is 27.9 Å². The van der Waals surface area contributed by atoms with Crippen molar-refractivity contribution in [2.45, 2.75) is 6.61 Å².